The molecule has 0 aliphatic carbocycles. The molecule has 1 aliphatic heterocycles. The van der Waals surface area contributed by atoms with Crippen LogP contribution in [-0.2, 0) is 11.3 Å². The van der Waals surface area contributed by atoms with E-state index in [4.69, 9.17) is 16.3 Å². The van der Waals surface area contributed by atoms with Gasteiger partial charge in [-0.1, -0.05) is 11.6 Å². The molecule has 0 atom stereocenters. The third kappa shape index (κ3) is 2.67. The van der Waals surface area contributed by atoms with E-state index in [1.54, 1.807) is 19.1 Å². The fraction of sp³-hybridized carbons (Fsp3) is 0.188. The molecular formula is C16H15ClN2O2. The fourth-order valence-electron chi connectivity index (χ4n) is 2.35. The summed E-state index contributed by atoms with van der Waals surface area (Å²) in [6.45, 7) is 2.89. The van der Waals surface area contributed by atoms with Crippen LogP contribution in [0.3, 0.4) is 0 Å². The van der Waals surface area contributed by atoms with Crippen LogP contribution in [0.4, 0.5) is 5.69 Å². The van der Waals surface area contributed by atoms with Crippen molar-refractivity contribution >= 4 is 28.3 Å². The Bertz CT molecular complexity index is 689. The second-order valence-electron chi connectivity index (χ2n) is 4.74. The zero-order valence-corrected chi connectivity index (χ0v) is 12.4. The molecule has 0 amide bonds. The summed E-state index contributed by atoms with van der Waals surface area (Å²) in [4.78, 5) is 16.9. The molecule has 0 spiro atoms. The molecule has 2 heterocycles. The van der Waals surface area contributed by atoms with Crippen molar-refractivity contribution in [2.45, 2.75) is 13.5 Å². The lowest BCUT2D eigenvalue weighted by Crippen LogP contribution is -2.20. The van der Waals surface area contributed by atoms with Gasteiger partial charge in [-0.2, -0.15) is 0 Å². The number of nitrogens with zero attached hydrogens (tertiary/aromatic N) is 1. The number of aromatic nitrogens is 1. The van der Waals surface area contributed by atoms with Gasteiger partial charge in [-0.25, -0.2) is 4.79 Å². The molecule has 108 valence electrons. The van der Waals surface area contributed by atoms with E-state index in [9.17, 15) is 4.79 Å². The number of aromatic amines is 1. The van der Waals surface area contributed by atoms with Gasteiger partial charge in [0.2, 0.25) is 0 Å². The molecule has 21 heavy (non-hydrogen) atoms. The first kappa shape index (κ1) is 13.8. The Kier molecular flexibility index (Phi) is 3.71. The number of hydrogen-bond acceptors (Lipinski definition) is 3. The molecule has 5 heteroatoms. The first-order valence-electron chi connectivity index (χ1n) is 6.77. The summed E-state index contributed by atoms with van der Waals surface area (Å²) in [5, 5.41) is 0.701. The SMILES string of the molecule is CCOC(=O)c1ccc(N2C=C(Cl)c3cc[nH]c3C2)cc1. The van der Waals surface area contributed by atoms with E-state index in [0.29, 0.717) is 17.2 Å². The third-order valence-corrected chi connectivity index (χ3v) is 3.70. The summed E-state index contributed by atoms with van der Waals surface area (Å²) in [7, 11) is 0. The highest BCUT2D eigenvalue weighted by molar-refractivity contribution is 6.49. The van der Waals surface area contributed by atoms with Crippen LogP contribution in [0.25, 0.3) is 5.03 Å². The predicted octanol–water partition coefficient (Wildman–Crippen LogP) is 3.75. The lowest BCUT2D eigenvalue weighted by Gasteiger charge is -2.25. The van der Waals surface area contributed by atoms with Gasteiger partial charge in [0, 0.05) is 29.3 Å². The van der Waals surface area contributed by atoms with Crippen LogP contribution in [0.1, 0.15) is 28.5 Å². The summed E-state index contributed by atoms with van der Waals surface area (Å²) < 4.78 is 4.98. The second-order valence-corrected chi connectivity index (χ2v) is 5.15. The average Bonchev–Trinajstić information content (AvgIpc) is 2.97. The number of benzene rings is 1. The van der Waals surface area contributed by atoms with Gasteiger partial charge in [0.15, 0.2) is 0 Å². The Morgan fingerprint density at radius 1 is 1.33 bits per heavy atom. The molecule has 0 radical (unpaired) electrons. The minimum Gasteiger partial charge on any atom is -0.462 e. The predicted molar refractivity (Wildman–Crippen MR) is 83.2 cm³/mol. The maximum Gasteiger partial charge on any atom is 0.338 e. The quantitative estimate of drug-likeness (QED) is 0.878. The number of hydrogen-bond donors (Lipinski definition) is 1. The van der Waals surface area contributed by atoms with Crippen LogP contribution in [0, 0.1) is 0 Å². The molecule has 1 aliphatic rings. The topological polar surface area (TPSA) is 45.3 Å². The summed E-state index contributed by atoms with van der Waals surface area (Å²) in [6, 6.07) is 9.27. The number of anilines is 1. The molecule has 4 nitrogen and oxygen atoms in total. The largest absolute Gasteiger partial charge is 0.462 e. The Labute approximate surface area is 128 Å². The van der Waals surface area contributed by atoms with Crippen LogP contribution >= 0.6 is 11.6 Å². The minimum atomic E-state index is -0.303. The van der Waals surface area contributed by atoms with Gasteiger partial charge < -0.3 is 14.6 Å². The van der Waals surface area contributed by atoms with Crippen LogP contribution < -0.4 is 4.90 Å². The highest BCUT2D eigenvalue weighted by Gasteiger charge is 2.18. The first-order valence-corrected chi connectivity index (χ1v) is 7.14. The molecule has 1 N–H and O–H groups in total. The average molecular weight is 303 g/mol. The molecule has 0 unspecified atom stereocenters. The summed E-state index contributed by atoms with van der Waals surface area (Å²) in [6.07, 6.45) is 3.78. The molecule has 0 bridgehead atoms. The molecule has 0 saturated carbocycles. The number of carbonyl (C=O) groups excluding carboxylic acids is 1. The van der Waals surface area contributed by atoms with Gasteiger partial charge in [-0.05, 0) is 37.3 Å². The first-order chi connectivity index (χ1) is 10.2. The van der Waals surface area contributed by atoms with E-state index in [0.717, 1.165) is 23.5 Å². The second kappa shape index (κ2) is 5.66. The van der Waals surface area contributed by atoms with Crippen LogP contribution in [0.15, 0.2) is 42.7 Å². The Hall–Kier alpha value is -2.20. The van der Waals surface area contributed by atoms with E-state index in [1.165, 1.54) is 0 Å². The highest BCUT2D eigenvalue weighted by Crippen LogP contribution is 2.31. The Morgan fingerprint density at radius 2 is 2.10 bits per heavy atom. The number of fused-ring (bicyclic) bond motifs is 1. The van der Waals surface area contributed by atoms with Crippen LogP contribution in [0.2, 0.25) is 0 Å². The maximum absolute atomic E-state index is 11.6. The number of H-pyrrole nitrogens is 1. The maximum atomic E-state index is 11.6. The zero-order chi connectivity index (χ0) is 14.8. The van der Waals surface area contributed by atoms with Crippen molar-refractivity contribution in [3.05, 3.63) is 59.5 Å². The number of esters is 1. The summed E-state index contributed by atoms with van der Waals surface area (Å²) in [5.41, 5.74) is 3.64. The van der Waals surface area contributed by atoms with Gasteiger partial charge in [0.1, 0.15) is 0 Å². The lowest BCUT2D eigenvalue weighted by atomic mass is 10.1. The number of ether oxygens (including phenoxy) is 1. The summed E-state index contributed by atoms with van der Waals surface area (Å²) >= 11 is 6.28. The van der Waals surface area contributed by atoms with Gasteiger partial charge in [0.25, 0.3) is 0 Å². The number of halogens is 1. The van der Waals surface area contributed by atoms with Crippen LogP contribution in [0.5, 0.6) is 0 Å². The molecule has 3 rings (SSSR count). The van der Waals surface area contributed by atoms with Gasteiger partial charge in [-0.15, -0.1) is 0 Å². The number of carbonyl (C=O) groups is 1. The molecule has 0 fully saturated rings. The summed E-state index contributed by atoms with van der Waals surface area (Å²) in [5.74, 6) is -0.303. The van der Waals surface area contributed by atoms with Gasteiger partial charge in [0.05, 0.1) is 23.7 Å². The lowest BCUT2D eigenvalue weighted by molar-refractivity contribution is 0.0526. The van der Waals surface area contributed by atoms with E-state index in [1.807, 2.05) is 35.5 Å². The molecule has 0 saturated heterocycles. The Balaban J connectivity index is 1.82. The zero-order valence-electron chi connectivity index (χ0n) is 11.6. The van der Waals surface area contributed by atoms with Crippen molar-refractivity contribution in [1.82, 2.24) is 4.98 Å². The monoisotopic (exact) mass is 302 g/mol. The van der Waals surface area contributed by atoms with Crippen molar-refractivity contribution in [1.29, 1.82) is 0 Å². The van der Waals surface area contributed by atoms with E-state index in [-0.39, 0.29) is 5.97 Å². The number of rotatable bonds is 3. The normalized spacial score (nSPS) is 13.6. The van der Waals surface area contributed by atoms with Crippen molar-refractivity contribution in [3.8, 4) is 0 Å². The van der Waals surface area contributed by atoms with Gasteiger partial charge in [-0.3, -0.25) is 0 Å². The van der Waals surface area contributed by atoms with E-state index in [2.05, 4.69) is 4.98 Å². The van der Waals surface area contributed by atoms with Crippen molar-refractivity contribution < 1.29 is 9.53 Å². The minimum absolute atomic E-state index is 0.303. The number of nitrogens with one attached hydrogen (secondary N) is 1. The van der Waals surface area contributed by atoms with Crippen molar-refractivity contribution in [2.24, 2.45) is 0 Å². The molecule has 1 aromatic carbocycles. The molecule has 1 aromatic heterocycles. The third-order valence-electron chi connectivity index (χ3n) is 3.40. The fourth-order valence-corrected chi connectivity index (χ4v) is 2.64. The van der Waals surface area contributed by atoms with Gasteiger partial charge >= 0.3 is 5.97 Å². The standard InChI is InChI=1S/C16H15ClN2O2/c1-2-21-16(20)11-3-5-12(6-4-11)19-9-14(17)13-7-8-18-15(13)10-19/h3-9,18H,2,10H2,1H3. The van der Waals surface area contributed by atoms with Crippen LogP contribution in [-0.4, -0.2) is 17.6 Å². The molecular weight excluding hydrogens is 288 g/mol. The molecule has 2 aromatic rings. The van der Waals surface area contributed by atoms with E-state index < -0.39 is 0 Å². The van der Waals surface area contributed by atoms with E-state index >= 15 is 0 Å². The highest BCUT2D eigenvalue weighted by atomic mass is 35.5. The Morgan fingerprint density at radius 3 is 2.81 bits per heavy atom. The van der Waals surface area contributed by atoms with Crippen molar-refractivity contribution in [3.63, 3.8) is 0 Å². The smallest absolute Gasteiger partial charge is 0.338 e. The van der Waals surface area contributed by atoms with Crippen molar-refractivity contribution in [2.75, 3.05) is 11.5 Å².